The fourth-order valence-electron chi connectivity index (χ4n) is 2.86. The van der Waals surface area contributed by atoms with Gasteiger partial charge in [-0.05, 0) is 50.2 Å². The SMILES string of the molecule is CCOc1ccc(NC(=O)C(C)Sc2nnc(-c3cccc(NC(C)=O)c3)n2C)cc1. The van der Waals surface area contributed by atoms with E-state index in [1.807, 2.05) is 74.0 Å². The largest absolute Gasteiger partial charge is 0.494 e. The van der Waals surface area contributed by atoms with Gasteiger partial charge in [0.1, 0.15) is 5.75 Å². The fourth-order valence-corrected chi connectivity index (χ4v) is 3.68. The highest BCUT2D eigenvalue weighted by atomic mass is 32.2. The molecule has 0 spiro atoms. The van der Waals surface area contributed by atoms with E-state index >= 15 is 0 Å². The van der Waals surface area contributed by atoms with Crippen molar-refractivity contribution in [1.82, 2.24) is 14.8 Å². The van der Waals surface area contributed by atoms with Crippen LogP contribution in [-0.2, 0) is 16.6 Å². The van der Waals surface area contributed by atoms with Crippen LogP contribution < -0.4 is 15.4 Å². The Morgan fingerprint density at radius 3 is 2.52 bits per heavy atom. The number of rotatable bonds is 8. The number of hydrogen-bond acceptors (Lipinski definition) is 6. The number of hydrogen-bond donors (Lipinski definition) is 2. The van der Waals surface area contributed by atoms with Gasteiger partial charge in [0, 0.05) is 30.9 Å². The Morgan fingerprint density at radius 2 is 1.84 bits per heavy atom. The third kappa shape index (κ3) is 5.85. The fraction of sp³-hybridized carbons (Fsp3) is 0.273. The van der Waals surface area contributed by atoms with Gasteiger partial charge in [0.05, 0.1) is 11.9 Å². The molecule has 2 N–H and O–H groups in total. The van der Waals surface area contributed by atoms with E-state index in [0.29, 0.717) is 29.0 Å². The molecular formula is C22H25N5O3S. The lowest BCUT2D eigenvalue weighted by Crippen LogP contribution is -2.22. The van der Waals surface area contributed by atoms with Crippen molar-refractivity contribution in [3.05, 3.63) is 48.5 Å². The van der Waals surface area contributed by atoms with E-state index in [9.17, 15) is 9.59 Å². The molecule has 0 fully saturated rings. The van der Waals surface area contributed by atoms with E-state index in [4.69, 9.17) is 4.74 Å². The van der Waals surface area contributed by atoms with Crippen LogP contribution in [0.5, 0.6) is 5.75 Å². The van der Waals surface area contributed by atoms with E-state index < -0.39 is 0 Å². The van der Waals surface area contributed by atoms with Crippen molar-refractivity contribution in [2.75, 3.05) is 17.2 Å². The average Bonchev–Trinajstić information content (AvgIpc) is 3.09. The number of nitrogens with one attached hydrogen (secondary N) is 2. The molecule has 9 heteroatoms. The Kier molecular flexibility index (Phi) is 7.30. The Hall–Kier alpha value is -3.33. The van der Waals surface area contributed by atoms with E-state index in [2.05, 4.69) is 20.8 Å². The number of carbonyl (C=O) groups is 2. The van der Waals surface area contributed by atoms with Crippen LogP contribution in [0.1, 0.15) is 20.8 Å². The van der Waals surface area contributed by atoms with Gasteiger partial charge >= 0.3 is 0 Å². The van der Waals surface area contributed by atoms with E-state index in [0.717, 1.165) is 11.3 Å². The van der Waals surface area contributed by atoms with E-state index in [1.165, 1.54) is 18.7 Å². The maximum absolute atomic E-state index is 12.6. The molecule has 0 saturated heterocycles. The number of amides is 2. The van der Waals surface area contributed by atoms with Crippen LogP contribution >= 0.6 is 11.8 Å². The summed E-state index contributed by atoms with van der Waals surface area (Å²) in [5, 5.41) is 14.4. The molecule has 162 valence electrons. The normalized spacial score (nSPS) is 11.6. The molecule has 8 nitrogen and oxygen atoms in total. The molecule has 1 unspecified atom stereocenters. The van der Waals surface area contributed by atoms with Gasteiger partial charge in [0.15, 0.2) is 11.0 Å². The van der Waals surface area contributed by atoms with E-state index in [1.54, 1.807) is 0 Å². The van der Waals surface area contributed by atoms with Gasteiger partial charge in [-0.15, -0.1) is 10.2 Å². The molecule has 3 rings (SSSR count). The van der Waals surface area contributed by atoms with Gasteiger partial charge in [-0.3, -0.25) is 9.59 Å². The zero-order valence-corrected chi connectivity index (χ0v) is 18.7. The van der Waals surface area contributed by atoms with Crippen LogP contribution in [0.3, 0.4) is 0 Å². The number of carbonyl (C=O) groups excluding carboxylic acids is 2. The molecule has 0 radical (unpaired) electrons. The zero-order chi connectivity index (χ0) is 22.4. The lowest BCUT2D eigenvalue weighted by Gasteiger charge is -2.12. The van der Waals surface area contributed by atoms with Crippen LogP contribution in [0.25, 0.3) is 11.4 Å². The minimum atomic E-state index is -0.381. The third-order valence-electron chi connectivity index (χ3n) is 4.36. The molecule has 31 heavy (non-hydrogen) atoms. The summed E-state index contributed by atoms with van der Waals surface area (Å²) in [5.41, 5.74) is 2.21. The second kappa shape index (κ2) is 10.1. The van der Waals surface area contributed by atoms with Crippen LogP contribution in [0.4, 0.5) is 11.4 Å². The highest BCUT2D eigenvalue weighted by Crippen LogP contribution is 2.27. The van der Waals surface area contributed by atoms with Crippen molar-refractivity contribution in [2.45, 2.75) is 31.2 Å². The number of ether oxygens (including phenoxy) is 1. The first-order valence-electron chi connectivity index (χ1n) is 9.85. The summed E-state index contributed by atoms with van der Waals surface area (Å²) in [5.74, 6) is 1.14. The van der Waals surface area contributed by atoms with Crippen LogP contribution in [0.15, 0.2) is 53.7 Å². The summed E-state index contributed by atoms with van der Waals surface area (Å²) in [4.78, 5) is 23.9. The molecule has 1 aromatic heterocycles. The summed E-state index contributed by atoms with van der Waals surface area (Å²) in [6.45, 7) is 5.80. The number of thioether (sulfide) groups is 1. The lowest BCUT2D eigenvalue weighted by atomic mass is 10.2. The van der Waals surface area contributed by atoms with Crippen molar-refractivity contribution in [2.24, 2.45) is 7.05 Å². The molecular weight excluding hydrogens is 414 g/mol. The summed E-state index contributed by atoms with van der Waals surface area (Å²) in [6, 6.07) is 14.6. The highest BCUT2D eigenvalue weighted by molar-refractivity contribution is 8.00. The first-order chi connectivity index (χ1) is 14.9. The van der Waals surface area contributed by atoms with Crippen molar-refractivity contribution in [3.8, 4) is 17.1 Å². The predicted octanol–water partition coefficient (Wildman–Crippen LogP) is 3.96. The maximum Gasteiger partial charge on any atom is 0.237 e. The maximum atomic E-state index is 12.6. The standard InChI is InChI=1S/C22H25N5O3S/c1-5-30-19-11-9-17(10-12-19)24-21(29)14(2)31-22-26-25-20(27(22)4)16-7-6-8-18(13-16)23-15(3)28/h6-14H,5H2,1-4H3,(H,23,28)(H,24,29). The Morgan fingerprint density at radius 1 is 1.10 bits per heavy atom. The molecule has 0 aliphatic heterocycles. The monoisotopic (exact) mass is 439 g/mol. The van der Waals surface area contributed by atoms with Gasteiger partial charge in [0.2, 0.25) is 11.8 Å². The number of aromatic nitrogens is 3. The van der Waals surface area contributed by atoms with Crippen LogP contribution in [-0.4, -0.2) is 38.4 Å². The predicted molar refractivity (Wildman–Crippen MR) is 122 cm³/mol. The van der Waals surface area contributed by atoms with Crippen LogP contribution in [0, 0.1) is 0 Å². The minimum Gasteiger partial charge on any atom is -0.494 e. The van der Waals surface area contributed by atoms with Gasteiger partial charge in [0.25, 0.3) is 0 Å². The van der Waals surface area contributed by atoms with Gasteiger partial charge in [-0.1, -0.05) is 23.9 Å². The van der Waals surface area contributed by atoms with Gasteiger partial charge in [-0.25, -0.2) is 0 Å². The zero-order valence-electron chi connectivity index (χ0n) is 17.9. The van der Waals surface area contributed by atoms with Gasteiger partial charge < -0.3 is 19.9 Å². The molecule has 0 aliphatic carbocycles. The molecule has 0 aliphatic rings. The van der Waals surface area contributed by atoms with Crippen molar-refractivity contribution in [3.63, 3.8) is 0 Å². The summed E-state index contributed by atoms with van der Waals surface area (Å²) < 4.78 is 7.25. The van der Waals surface area contributed by atoms with Crippen LogP contribution in [0.2, 0.25) is 0 Å². The molecule has 0 saturated carbocycles. The Labute approximate surface area is 185 Å². The molecule has 1 heterocycles. The Balaban J connectivity index is 1.67. The molecule has 1 atom stereocenters. The Bertz CT molecular complexity index is 1070. The van der Waals surface area contributed by atoms with Crippen molar-refractivity contribution >= 4 is 35.0 Å². The quantitative estimate of drug-likeness (QED) is 0.516. The summed E-state index contributed by atoms with van der Waals surface area (Å²) in [6.07, 6.45) is 0. The molecule has 3 aromatic rings. The first-order valence-corrected chi connectivity index (χ1v) is 10.7. The number of anilines is 2. The number of nitrogens with zero attached hydrogens (tertiary/aromatic N) is 3. The lowest BCUT2D eigenvalue weighted by molar-refractivity contribution is -0.115. The van der Waals surface area contributed by atoms with E-state index in [-0.39, 0.29) is 17.1 Å². The third-order valence-corrected chi connectivity index (χ3v) is 5.49. The van der Waals surface area contributed by atoms with Gasteiger partial charge in [-0.2, -0.15) is 0 Å². The second-order valence-corrected chi connectivity index (χ2v) is 8.14. The van der Waals surface area contributed by atoms with Crippen molar-refractivity contribution in [1.29, 1.82) is 0 Å². The highest BCUT2D eigenvalue weighted by Gasteiger charge is 2.20. The first kappa shape index (κ1) is 22.4. The molecule has 2 aromatic carbocycles. The second-order valence-electron chi connectivity index (χ2n) is 6.83. The topological polar surface area (TPSA) is 98.1 Å². The molecule has 2 amide bonds. The van der Waals surface area contributed by atoms with Crippen molar-refractivity contribution < 1.29 is 14.3 Å². The molecule has 0 bridgehead atoms. The minimum absolute atomic E-state index is 0.133. The number of benzene rings is 2. The average molecular weight is 440 g/mol. The summed E-state index contributed by atoms with van der Waals surface area (Å²) in [7, 11) is 1.85. The smallest absolute Gasteiger partial charge is 0.237 e. The summed E-state index contributed by atoms with van der Waals surface area (Å²) >= 11 is 1.32.